The first-order valence-corrected chi connectivity index (χ1v) is 9.46. The van der Waals surface area contributed by atoms with E-state index in [-0.39, 0.29) is 12.5 Å². The molecule has 31 heavy (non-hydrogen) atoms. The third kappa shape index (κ3) is 5.10. The maximum atomic E-state index is 12.5. The highest BCUT2D eigenvalue weighted by Gasteiger charge is 2.27. The molecule has 0 saturated carbocycles. The number of para-hydroxylation sites is 2. The van der Waals surface area contributed by atoms with Gasteiger partial charge in [0, 0.05) is 16.9 Å². The largest absolute Gasteiger partial charge is 0.411 e. The average molecular weight is 425 g/mol. The first-order valence-electron chi connectivity index (χ1n) is 9.46. The van der Waals surface area contributed by atoms with Crippen LogP contribution in [0.4, 0.5) is 18.9 Å². The van der Waals surface area contributed by atoms with E-state index in [1.807, 2.05) is 41.0 Å². The molecule has 1 amide bonds. The van der Waals surface area contributed by atoms with Crippen LogP contribution in [-0.2, 0) is 11.3 Å². The Morgan fingerprint density at radius 1 is 0.968 bits per heavy atom. The molecule has 8 heteroatoms. The molecular weight excluding hydrogens is 407 g/mol. The van der Waals surface area contributed by atoms with E-state index >= 15 is 0 Å². The lowest BCUT2D eigenvalue weighted by Gasteiger charge is -2.09. The Hall–Kier alpha value is -3.65. The van der Waals surface area contributed by atoms with E-state index in [2.05, 4.69) is 15.0 Å². The molecule has 0 aliphatic rings. The zero-order chi connectivity index (χ0) is 21.8. The molecule has 0 spiro atoms. The molecule has 0 aliphatic carbocycles. The maximum Gasteiger partial charge on any atom is 0.411 e. The molecule has 5 nitrogen and oxygen atoms in total. The molecule has 0 atom stereocenters. The van der Waals surface area contributed by atoms with Crippen LogP contribution in [0, 0.1) is 0 Å². The fourth-order valence-electron chi connectivity index (χ4n) is 3.11. The molecule has 3 aromatic carbocycles. The number of carbonyl (C=O) groups excluding carboxylic acids is 1. The van der Waals surface area contributed by atoms with E-state index in [9.17, 15) is 18.0 Å². The van der Waals surface area contributed by atoms with Crippen molar-refractivity contribution in [2.24, 2.45) is 0 Å². The van der Waals surface area contributed by atoms with Gasteiger partial charge in [0.05, 0.1) is 17.6 Å². The molecule has 0 unspecified atom stereocenters. The summed E-state index contributed by atoms with van der Waals surface area (Å²) in [4.78, 5) is 16.8. The number of amides is 1. The van der Waals surface area contributed by atoms with Crippen LogP contribution in [0.1, 0.15) is 15.9 Å². The molecular formula is C23H18F3N3O2. The molecule has 0 aliphatic heterocycles. The summed E-state index contributed by atoms with van der Waals surface area (Å²) in [5.41, 5.74) is 4.36. The summed E-state index contributed by atoms with van der Waals surface area (Å²) < 4.78 is 43.0. The molecule has 1 heterocycles. The molecule has 1 aromatic heterocycles. The predicted octanol–water partition coefficient (Wildman–Crippen LogP) is 5.36. The Morgan fingerprint density at radius 3 is 2.39 bits per heavy atom. The van der Waals surface area contributed by atoms with Crippen molar-refractivity contribution in [3.63, 3.8) is 0 Å². The Bertz CT molecular complexity index is 1180. The number of ether oxygens (including phenoxy) is 1. The zero-order valence-corrected chi connectivity index (χ0v) is 16.3. The number of carbonyl (C=O) groups is 1. The van der Waals surface area contributed by atoms with Gasteiger partial charge in [0.25, 0.3) is 5.91 Å². The smallest absolute Gasteiger partial charge is 0.367 e. The third-order valence-electron chi connectivity index (χ3n) is 4.61. The molecule has 4 rings (SSSR count). The van der Waals surface area contributed by atoms with Crippen LogP contribution in [0.2, 0.25) is 0 Å². The van der Waals surface area contributed by atoms with Crippen molar-refractivity contribution in [1.82, 2.24) is 9.55 Å². The predicted molar refractivity (Wildman–Crippen MR) is 111 cm³/mol. The van der Waals surface area contributed by atoms with Gasteiger partial charge >= 0.3 is 6.18 Å². The molecule has 158 valence electrons. The summed E-state index contributed by atoms with van der Waals surface area (Å²) in [6.07, 6.45) is -2.61. The Kier molecular flexibility index (Phi) is 5.73. The number of aromatic nitrogens is 2. The highest BCUT2D eigenvalue weighted by molar-refractivity contribution is 6.04. The first kappa shape index (κ1) is 20.6. The second-order valence-electron chi connectivity index (χ2n) is 6.91. The minimum absolute atomic E-state index is 0.175. The van der Waals surface area contributed by atoms with Gasteiger partial charge in [-0.3, -0.25) is 9.36 Å². The minimum Gasteiger partial charge on any atom is -0.367 e. The van der Waals surface area contributed by atoms with E-state index in [4.69, 9.17) is 0 Å². The van der Waals surface area contributed by atoms with Gasteiger partial charge in [0.2, 0.25) is 0 Å². The molecule has 0 saturated heterocycles. The summed E-state index contributed by atoms with van der Waals surface area (Å²) in [5.74, 6) is -0.316. The second kappa shape index (κ2) is 8.61. The minimum atomic E-state index is -4.36. The number of fused-ring (bicyclic) bond motifs is 1. The number of imidazole rings is 1. The van der Waals surface area contributed by atoms with Gasteiger partial charge in [-0.25, -0.2) is 4.98 Å². The Morgan fingerprint density at radius 2 is 1.68 bits per heavy atom. The SMILES string of the molecule is O=C(Nc1ccc(-n2cnc3ccccc32)cc1)c1ccc(COCC(F)(F)F)cc1. The monoisotopic (exact) mass is 425 g/mol. The van der Waals surface area contributed by atoms with Crippen LogP contribution in [-0.4, -0.2) is 28.2 Å². The number of nitrogens with zero attached hydrogens (tertiary/aromatic N) is 2. The van der Waals surface area contributed by atoms with E-state index in [1.165, 1.54) is 0 Å². The third-order valence-corrected chi connectivity index (χ3v) is 4.61. The van der Waals surface area contributed by atoms with Crippen LogP contribution in [0.5, 0.6) is 0 Å². The summed E-state index contributed by atoms with van der Waals surface area (Å²) in [6, 6.07) is 21.4. The Balaban J connectivity index is 1.38. The van der Waals surface area contributed by atoms with Gasteiger partial charge in [-0.1, -0.05) is 24.3 Å². The molecule has 4 aromatic rings. The average Bonchev–Trinajstić information content (AvgIpc) is 3.18. The first-order chi connectivity index (χ1) is 14.9. The normalized spacial score (nSPS) is 11.6. The van der Waals surface area contributed by atoms with E-state index < -0.39 is 12.8 Å². The number of nitrogens with one attached hydrogen (secondary N) is 1. The number of anilines is 1. The van der Waals surface area contributed by atoms with Gasteiger partial charge in [-0.15, -0.1) is 0 Å². The number of hydrogen-bond acceptors (Lipinski definition) is 3. The maximum absolute atomic E-state index is 12.5. The van der Waals surface area contributed by atoms with Gasteiger partial charge in [-0.05, 0) is 54.1 Å². The van der Waals surface area contributed by atoms with E-state index in [1.54, 1.807) is 42.7 Å². The second-order valence-corrected chi connectivity index (χ2v) is 6.91. The van der Waals surface area contributed by atoms with Crippen molar-refractivity contribution in [3.05, 3.63) is 90.3 Å². The highest BCUT2D eigenvalue weighted by atomic mass is 19.4. The topological polar surface area (TPSA) is 56.2 Å². The number of hydrogen-bond donors (Lipinski definition) is 1. The summed E-state index contributed by atoms with van der Waals surface area (Å²) in [5, 5.41) is 2.81. The number of benzene rings is 3. The van der Waals surface area contributed by atoms with E-state index in [0.717, 1.165) is 16.7 Å². The summed E-state index contributed by atoms with van der Waals surface area (Å²) >= 11 is 0. The van der Waals surface area contributed by atoms with E-state index in [0.29, 0.717) is 16.8 Å². The van der Waals surface area contributed by atoms with Crippen molar-refractivity contribution < 1.29 is 22.7 Å². The van der Waals surface area contributed by atoms with Gasteiger partial charge < -0.3 is 10.1 Å². The number of rotatable bonds is 6. The van der Waals surface area contributed by atoms with Crippen LogP contribution in [0.25, 0.3) is 16.7 Å². The van der Waals surface area contributed by atoms with Crippen molar-refractivity contribution in [1.29, 1.82) is 0 Å². The lowest BCUT2D eigenvalue weighted by molar-refractivity contribution is -0.176. The quantitative estimate of drug-likeness (QED) is 0.453. The summed E-state index contributed by atoms with van der Waals surface area (Å²) in [7, 11) is 0. The van der Waals surface area contributed by atoms with Gasteiger partial charge in [0.1, 0.15) is 12.9 Å². The molecule has 1 N–H and O–H groups in total. The molecule has 0 bridgehead atoms. The van der Waals surface area contributed by atoms with Gasteiger partial charge in [-0.2, -0.15) is 13.2 Å². The highest BCUT2D eigenvalue weighted by Crippen LogP contribution is 2.20. The Labute approximate surface area is 176 Å². The van der Waals surface area contributed by atoms with Crippen molar-refractivity contribution in [2.45, 2.75) is 12.8 Å². The van der Waals surface area contributed by atoms with Gasteiger partial charge in [0.15, 0.2) is 0 Å². The fraction of sp³-hybridized carbons (Fsp3) is 0.130. The lowest BCUT2D eigenvalue weighted by atomic mass is 10.1. The zero-order valence-electron chi connectivity index (χ0n) is 16.3. The van der Waals surface area contributed by atoms with Crippen molar-refractivity contribution >= 4 is 22.6 Å². The van der Waals surface area contributed by atoms with Crippen LogP contribution in [0.3, 0.4) is 0 Å². The standard InChI is InChI=1S/C23H18F3N3O2/c24-23(25,26)14-31-13-16-5-7-17(8-6-16)22(30)28-18-9-11-19(12-10-18)29-15-27-20-3-1-2-4-21(20)29/h1-12,15H,13-14H2,(H,28,30). The number of alkyl halides is 3. The molecule has 0 radical (unpaired) electrons. The van der Waals surface area contributed by atoms with Crippen LogP contribution < -0.4 is 5.32 Å². The van der Waals surface area contributed by atoms with Crippen LogP contribution in [0.15, 0.2) is 79.1 Å². The molecule has 0 fully saturated rings. The fourth-order valence-corrected chi connectivity index (χ4v) is 3.11. The lowest BCUT2D eigenvalue weighted by Crippen LogP contribution is -2.16. The van der Waals surface area contributed by atoms with Crippen molar-refractivity contribution in [2.75, 3.05) is 11.9 Å². The van der Waals surface area contributed by atoms with Crippen LogP contribution >= 0.6 is 0 Å². The summed E-state index contributed by atoms with van der Waals surface area (Å²) in [6.45, 7) is -1.48. The van der Waals surface area contributed by atoms with Crippen molar-refractivity contribution in [3.8, 4) is 5.69 Å². The number of halogens is 3.